The zero-order chi connectivity index (χ0) is 12.3. The molecule has 0 spiro atoms. The zero-order valence-electron chi connectivity index (χ0n) is 10.9. The van der Waals surface area contributed by atoms with Crippen molar-refractivity contribution in [3.63, 3.8) is 0 Å². The van der Waals surface area contributed by atoms with E-state index in [1.54, 1.807) is 0 Å². The molecule has 0 bridgehead atoms. The van der Waals surface area contributed by atoms with E-state index in [9.17, 15) is 4.79 Å². The number of hydrogen-bond acceptors (Lipinski definition) is 2. The predicted octanol–water partition coefficient (Wildman–Crippen LogP) is 2.51. The minimum absolute atomic E-state index is 0.143. The Bertz CT molecular complexity index is 240. The molecule has 0 amide bonds. The summed E-state index contributed by atoms with van der Waals surface area (Å²) in [5.41, 5.74) is 0. The van der Waals surface area contributed by atoms with Crippen molar-refractivity contribution in [1.82, 2.24) is 5.32 Å². The van der Waals surface area contributed by atoms with Crippen LogP contribution in [0.5, 0.6) is 0 Å². The minimum atomic E-state index is -0.721. The summed E-state index contributed by atoms with van der Waals surface area (Å²) in [5.74, 6) is 0.796. The molecule has 0 aliphatic heterocycles. The number of rotatable bonds is 4. The molecule has 0 radical (unpaired) electrons. The molecule has 1 rings (SSSR count). The molecule has 3 heteroatoms. The number of carbonyl (C=O) groups is 1. The second-order valence-corrected chi connectivity index (χ2v) is 5.73. The van der Waals surface area contributed by atoms with Crippen LogP contribution in [-0.2, 0) is 4.79 Å². The maximum Gasteiger partial charge on any atom is 0.320 e. The summed E-state index contributed by atoms with van der Waals surface area (Å²) in [6.45, 7) is 8.43. The first-order chi connectivity index (χ1) is 7.41. The van der Waals surface area contributed by atoms with Crippen molar-refractivity contribution in [3.05, 3.63) is 0 Å². The van der Waals surface area contributed by atoms with E-state index in [0.717, 1.165) is 12.3 Å². The molecule has 0 aromatic rings. The summed E-state index contributed by atoms with van der Waals surface area (Å²) in [7, 11) is 0. The Morgan fingerprint density at radius 2 is 1.94 bits per heavy atom. The maximum atomic E-state index is 11.1. The third-order valence-electron chi connectivity index (χ3n) is 3.76. The van der Waals surface area contributed by atoms with Gasteiger partial charge in [0.05, 0.1) is 0 Å². The van der Waals surface area contributed by atoms with Crippen molar-refractivity contribution in [2.75, 3.05) is 0 Å². The third-order valence-corrected chi connectivity index (χ3v) is 3.76. The van der Waals surface area contributed by atoms with Crippen LogP contribution in [0.25, 0.3) is 0 Å². The van der Waals surface area contributed by atoms with Crippen LogP contribution in [0, 0.1) is 17.8 Å². The van der Waals surface area contributed by atoms with Crippen molar-refractivity contribution in [2.24, 2.45) is 17.8 Å². The lowest BCUT2D eigenvalue weighted by Gasteiger charge is -2.35. The van der Waals surface area contributed by atoms with Crippen LogP contribution in [0.2, 0.25) is 0 Å². The standard InChI is InChI=1S/C13H25NO2/c1-8(2)12(13(15)16)14-11-6-5-9(3)7-10(11)4/h8-12,14H,5-7H2,1-4H3,(H,15,16). The molecule has 0 aromatic carbocycles. The zero-order valence-corrected chi connectivity index (χ0v) is 10.9. The van der Waals surface area contributed by atoms with Gasteiger partial charge in [-0.15, -0.1) is 0 Å². The highest BCUT2D eigenvalue weighted by Gasteiger charge is 2.30. The summed E-state index contributed by atoms with van der Waals surface area (Å²) in [5, 5.41) is 12.5. The molecule has 0 heterocycles. The van der Waals surface area contributed by atoms with Crippen molar-refractivity contribution < 1.29 is 9.90 Å². The highest BCUT2D eigenvalue weighted by Crippen LogP contribution is 2.29. The van der Waals surface area contributed by atoms with Crippen LogP contribution >= 0.6 is 0 Å². The van der Waals surface area contributed by atoms with Crippen molar-refractivity contribution >= 4 is 5.97 Å². The molecule has 1 aliphatic carbocycles. The van der Waals surface area contributed by atoms with E-state index in [1.165, 1.54) is 12.8 Å². The predicted molar refractivity (Wildman–Crippen MR) is 65.4 cm³/mol. The van der Waals surface area contributed by atoms with Gasteiger partial charge in [0.2, 0.25) is 0 Å². The van der Waals surface area contributed by atoms with Gasteiger partial charge < -0.3 is 10.4 Å². The lowest BCUT2D eigenvalue weighted by Crippen LogP contribution is -2.50. The Hall–Kier alpha value is -0.570. The summed E-state index contributed by atoms with van der Waals surface area (Å²) in [4.78, 5) is 11.1. The second-order valence-electron chi connectivity index (χ2n) is 5.73. The fourth-order valence-electron chi connectivity index (χ4n) is 2.69. The summed E-state index contributed by atoms with van der Waals surface area (Å²) in [6.07, 6.45) is 3.54. The number of hydrogen-bond donors (Lipinski definition) is 2. The van der Waals surface area contributed by atoms with E-state index >= 15 is 0 Å². The van der Waals surface area contributed by atoms with Gasteiger partial charge in [0.1, 0.15) is 6.04 Å². The third kappa shape index (κ3) is 3.48. The molecule has 2 N–H and O–H groups in total. The van der Waals surface area contributed by atoms with Gasteiger partial charge in [-0.05, 0) is 37.0 Å². The van der Waals surface area contributed by atoms with Crippen LogP contribution in [-0.4, -0.2) is 23.2 Å². The minimum Gasteiger partial charge on any atom is -0.480 e. The highest BCUT2D eigenvalue weighted by atomic mass is 16.4. The average molecular weight is 227 g/mol. The van der Waals surface area contributed by atoms with Crippen LogP contribution in [0.1, 0.15) is 47.0 Å². The van der Waals surface area contributed by atoms with Gasteiger partial charge in [0.15, 0.2) is 0 Å². The topological polar surface area (TPSA) is 49.3 Å². The van der Waals surface area contributed by atoms with Crippen LogP contribution in [0.4, 0.5) is 0 Å². The summed E-state index contributed by atoms with van der Waals surface area (Å²) < 4.78 is 0. The Kier molecular flexibility index (Phi) is 4.78. The Balaban J connectivity index is 2.54. The second kappa shape index (κ2) is 5.67. The molecule has 0 saturated heterocycles. The van der Waals surface area contributed by atoms with Crippen molar-refractivity contribution in [3.8, 4) is 0 Å². The Labute approximate surface area is 98.6 Å². The first-order valence-corrected chi connectivity index (χ1v) is 6.40. The van der Waals surface area contributed by atoms with E-state index < -0.39 is 12.0 Å². The Morgan fingerprint density at radius 1 is 1.31 bits per heavy atom. The van der Waals surface area contributed by atoms with Crippen LogP contribution < -0.4 is 5.32 Å². The largest absolute Gasteiger partial charge is 0.480 e. The van der Waals surface area contributed by atoms with E-state index in [0.29, 0.717) is 12.0 Å². The smallest absolute Gasteiger partial charge is 0.320 e. The van der Waals surface area contributed by atoms with Gasteiger partial charge in [-0.1, -0.05) is 27.7 Å². The first-order valence-electron chi connectivity index (χ1n) is 6.40. The maximum absolute atomic E-state index is 11.1. The van der Waals surface area contributed by atoms with Gasteiger partial charge >= 0.3 is 5.97 Å². The fraction of sp³-hybridized carbons (Fsp3) is 0.923. The molecule has 0 aromatic heterocycles. The fourth-order valence-corrected chi connectivity index (χ4v) is 2.69. The number of carboxylic acid groups (broad SMARTS) is 1. The molecular formula is C13H25NO2. The lowest BCUT2D eigenvalue weighted by atomic mass is 9.79. The molecule has 1 aliphatic rings. The van der Waals surface area contributed by atoms with Crippen molar-refractivity contribution in [1.29, 1.82) is 0 Å². The molecule has 4 atom stereocenters. The molecule has 1 saturated carbocycles. The molecular weight excluding hydrogens is 202 g/mol. The number of carboxylic acids is 1. The van der Waals surface area contributed by atoms with Gasteiger partial charge in [0, 0.05) is 6.04 Å². The normalized spacial score (nSPS) is 32.7. The average Bonchev–Trinajstić information content (AvgIpc) is 2.15. The van der Waals surface area contributed by atoms with Gasteiger partial charge in [-0.2, -0.15) is 0 Å². The quantitative estimate of drug-likeness (QED) is 0.776. The van der Waals surface area contributed by atoms with Gasteiger partial charge in [-0.3, -0.25) is 4.79 Å². The number of aliphatic carboxylic acids is 1. The van der Waals surface area contributed by atoms with Gasteiger partial charge in [0.25, 0.3) is 0 Å². The first kappa shape index (κ1) is 13.5. The summed E-state index contributed by atoms with van der Waals surface area (Å²) in [6, 6.07) is -0.0273. The molecule has 94 valence electrons. The SMILES string of the molecule is CC1CCC(NC(C(=O)O)C(C)C)C(C)C1. The monoisotopic (exact) mass is 227 g/mol. The van der Waals surface area contributed by atoms with E-state index in [2.05, 4.69) is 19.2 Å². The van der Waals surface area contributed by atoms with E-state index in [1.807, 2.05) is 13.8 Å². The molecule has 16 heavy (non-hydrogen) atoms. The van der Waals surface area contributed by atoms with Crippen LogP contribution in [0.15, 0.2) is 0 Å². The molecule has 4 unspecified atom stereocenters. The van der Waals surface area contributed by atoms with Gasteiger partial charge in [-0.25, -0.2) is 0 Å². The Morgan fingerprint density at radius 3 is 2.38 bits per heavy atom. The highest BCUT2D eigenvalue weighted by molar-refractivity contribution is 5.73. The van der Waals surface area contributed by atoms with E-state index in [-0.39, 0.29) is 5.92 Å². The van der Waals surface area contributed by atoms with Crippen molar-refractivity contribution in [2.45, 2.75) is 59.0 Å². The number of nitrogens with one attached hydrogen (secondary N) is 1. The summed E-state index contributed by atoms with van der Waals surface area (Å²) >= 11 is 0. The lowest BCUT2D eigenvalue weighted by molar-refractivity contribution is -0.141. The van der Waals surface area contributed by atoms with E-state index in [4.69, 9.17) is 5.11 Å². The molecule has 3 nitrogen and oxygen atoms in total. The molecule has 1 fully saturated rings. The van der Waals surface area contributed by atoms with Crippen LogP contribution in [0.3, 0.4) is 0 Å².